The number of nitrogens with one attached hydrogen (secondary N) is 1. The van der Waals surface area contributed by atoms with Gasteiger partial charge >= 0.3 is 12.1 Å². The van der Waals surface area contributed by atoms with Crippen LogP contribution >= 0.6 is 0 Å². The highest BCUT2D eigenvalue weighted by molar-refractivity contribution is 5.83. The van der Waals surface area contributed by atoms with Crippen LogP contribution in [0.2, 0.25) is 0 Å². The summed E-state index contributed by atoms with van der Waals surface area (Å²) in [5, 5.41) is 11.9. The molecule has 0 aliphatic carbocycles. The monoisotopic (exact) mass is 325 g/mol. The third-order valence-electron chi connectivity index (χ3n) is 3.21. The number of halogens is 3. The van der Waals surface area contributed by atoms with Crippen LogP contribution in [0.25, 0.3) is 0 Å². The van der Waals surface area contributed by atoms with Gasteiger partial charge in [-0.3, -0.25) is 0 Å². The smallest absolute Gasteiger partial charge is 0.416 e. The lowest BCUT2D eigenvalue weighted by atomic mass is 10.1. The van der Waals surface area contributed by atoms with Gasteiger partial charge in [-0.1, -0.05) is 12.1 Å². The average Bonchev–Trinajstić information content (AvgIpc) is 2.45. The minimum absolute atomic E-state index is 0.273. The van der Waals surface area contributed by atoms with Crippen molar-refractivity contribution < 1.29 is 23.1 Å². The summed E-state index contributed by atoms with van der Waals surface area (Å²) in [4.78, 5) is 18.6. The fraction of sp³-hybridized carbons (Fsp3) is 0.267. The van der Waals surface area contributed by atoms with Crippen LogP contribution < -0.4 is 5.32 Å². The topological polar surface area (TPSA) is 75.1 Å². The summed E-state index contributed by atoms with van der Waals surface area (Å²) < 4.78 is 37.5. The molecule has 5 nitrogen and oxygen atoms in total. The molecule has 1 aromatic carbocycles. The van der Waals surface area contributed by atoms with Gasteiger partial charge in [0.15, 0.2) is 0 Å². The summed E-state index contributed by atoms with van der Waals surface area (Å²) in [5.74, 6) is -1.51. The summed E-state index contributed by atoms with van der Waals surface area (Å²) in [7, 11) is 0. The highest BCUT2D eigenvalue weighted by Crippen LogP contribution is 2.29. The molecule has 1 heterocycles. The zero-order valence-electron chi connectivity index (χ0n) is 12.4. The van der Waals surface area contributed by atoms with Crippen molar-refractivity contribution in [3.05, 3.63) is 52.6 Å². The number of nitrogens with zero attached hydrogens (tertiary/aromatic N) is 2. The maximum atomic E-state index is 12.5. The third-order valence-corrected chi connectivity index (χ3v) is 3.21. The number of carboxylic acids is 1. The van der Waals surface area contributed by atoms with Gasteiger partial charge in [0.25, 0.3) is 0 Å². The van der Waals surface area contributed by atoms with Crippen molar-refractivity contribution in [3.63, 3.8) is 0 Å². The van der Waals surface area contributed by atoms with E-state index in [9.17, 15) is 18.0 Å². The lowest BCUT2D eigenvalue weighted by Gasteiger charge is -2.13. The van der Waals surface area contributed by atoms with E-state index in [2.05, 4.69) is 15.3 Å². The van der Waals surface area contributed by atoms with Gasteiger partial charge in [-0.05, 0) is 31.5 Å². The summed E-state index contributed by atoms with van der Waals surface area (Å²) in [5.41, 5.74) is 1.43. The van der Waals surface area contributed by atoms with Crippen molar-refractivity contribution in [1.29, 1.82) is 0 Å². The van der Waals surface area contributed by atoms with E-state index in [1.165, 1.54) is 12.1 Å². The van der Waals surface area contributed by atoms with Gasteiger partial charge in [0.05, 0.1) is 22.6 Å². The first-order valence-corrected chi connectivity index (χ1v) is 6.67. The standard InChI is InChI=1S/C15H14F3N3O2/c1-8-12(9(2)21-13(20-8)14(22)23)19-7-10-3-5-11(6-4-10)15(16,17)18/h3-6,19H,7H2,1-2H3,(H,22,23). The molecule has 2 N–H and O–H groups in total. The number of aryl methyl sites for hydroxylation is 2. The summed E-state index contributed by atoms with van der Waals surface area (Å²) in [6.45, 7) is 3.54. The van der Waals surface area contributed by atoms with Crippen molar-refractivity contribution in [1.82, 2.24) is 9.97 Å². The van der Waals surface area contributed by atoms with Gasteiger partial charge in [-0.2, -0.15) is 13.2 Å². The summed E-state index contributed by atoms with van der Waals surface area (Å²) in [6.07, 6.45) is -4.36. The first-order valence-electron chi connectivity index (χ1n) is 6.67. The van der Waals surface area contributed by atoms with Crippen molar-refractivity contribution in [3.8, 4) is 0 Å². The molecule has 0 aliphatic heterocycles. The predicted molar refractivity (Wildman–Crippen MR) is 77.2 cm³/mol. The second-order valence-electron chi connectivity index (χ2n) is 4.95. The molecule has 0 spiro atoms. The number of anilines is 1. The van der Waals surface area contributed by atoms with Crippen LogP contribution in [-0.4, -0.2) is 21.0 Å². The molecule has 122 valence electrons. The van der Waals surface area contributed by atoms with Crippen LogP contribution in [0.3, 0.4) is 0 Å². The molecule has 1 aromatic heterocycles. The summed E-state index contributed by atoms with van der Waals surface area (Å²) in [6, 6.07) is 4.79. The van der Waals surface area contributed by atoms with Crippen molar-refractivity contribution in [2.24, 2.45) is 0 Å². The molecule has 23 heavy (non-hydrogen) atoms. The number of aromatic carboxylic acids is 1. The van der Waals surface area contributed by atoms with Crippen molar-refractivity contribution in [2.75, 3.05) is 5.32 Å². The number of benzene rings is 1. The molecule has 0 saturated heterocycles. The molecule has 0 radical (unpaired) electrons. The molecular weight excluding hydrogens is 311 g/mol. The number of rotatable bonds is 4. The van der Waals surface area contributed by atoms with Crippen LogP contribution in [0.4, 0.5) is 18.9 Å². The molecular formula is C15H14F3N3O2. The first-order chi connectivity index (χ1) is 10.7. The number of hydrogen-bond donors (Lipinski definition) is 2. The molecule has 0 saturated carbocycles. The Balaban J connectivity index is 2.14. The second kappa shape index (κ2) is 6.23. The van der Waals surface area contributed by atoms with Gasteiger partial charge in [-0.25, -0.2) is 14.8 Å². The Kier molecular flexibility index (Phi) is 4.53. The minimum Gasteiger partial charge on any atom is -0.475 e. The molecule has 0 atom stereocenters. The van der Waals surface area contributed by atoms with E-state index in [0.717, 1.165) is 12.1 Å². The Bertz CT molecular complexity index is 705. The van der Waals surface area contributed by atoms with Gasteiger partial charge in [-0.15, -0.1) is 0 Å². The van der Waals surface area contributed by atoms with Crippen LogP contribution in [0.1, 0.15) is 33.1 Å². The highest BCUT2D eigenvalue weighted by atomic mass is 19.4. The van der Waals surface area contributed by atoms with Crippen LogP contribution in [0.5, 0.6) is 0 Å². The number of aromatic nitrogens is 2. The fourth-order valence-corrected chi connectivity index (χ4v) is 2.07. The Morgan fingerprint density at radius 3 is 2.09 bits per heavy atom. The van der Waals surface area contributed by atoms with Crippen LogP contribution in [0, 0.1) is 13.8 Å². The lowest BCUT2D eigenvalue weighted by molar-refractivity contribution is -0.137. The van der Waals surface area contributed by atoms with E-state index in [0.29, 0.717) is 22.6 Å². The number of hydrogen-bond acceptors (Lipinski definition) is 4. The SMILES string of the molecule is Cc1nc(C(=O)O)nc(C)c1NCc1ccc(C(F)(F)F)cc1. The van der Waals surface area contributed by atoms with E-state index >= 15 is 0 Å². The Morgan fingerprint density at radius 1 is 1.13 bits per heavy atom. The second-order valence-corrected chi connectivity index (χ2v) is 4.95. The van der Waals surface area contributed by atoms with Gasteiger partial charge in [0.2, 0.25) is 5.82 Å². The molecule has 0 fully saturated rings. The van der Waals surface area contributed by atoms with Gasteiger partial charge in [0.1, 0.15) is 0 Å². The van der Waals surface area contributed by atoms with Crippen LogP contribution in [0.15, 0.2) is 24.3 Å². The van der Waals surface area contributed by atoms with Gasteiger partial charge < -0.3 is 10.4 Å². The zero-order valence-corrected chi connectivity index (χ0v) is 12.4. The molecule has 2 aromatic rings. The normalized spacial score (nSPS) is 11.3. The molecule has 8 heteroatoms. The molecule has 0 amide bonds. The Hall–Kier alpha value is -2.64. The fourth-order valence-electron chi connectivity index (χ4n) is 2.07. The Labute approximate surface area is 130 Å². The lowest BCUT2D eigenvalue weighted by Crippen LogP contribution is -2.11. The first kappa shape index (κ1) is 16.7. The molecule has 0 aliphatic rings. The van der Waals surface area contributed by atoms with Crippen molar-refractivity contribution >= 4 is 11.7 Å². The zero-order chi connectivity index (χ0) is 17.2. The molecule has 2 rings (SSSR count). The van der Waals surface area contributed by atoms with E-state index in [-0.39, 0.29) is 12.4 Å². The quantitative estimate of drug-likeness (QED) is 0.901. The van der Waals surface area contributed by atoms with E-state index in [4.69, 9.17) is 5.11 Å². The third kappa shape index (κ3) is 3.97. The predicted octanol–water partition coefficient (Wildman–Crippen LogP) is 3.42. The van der Waals surface area contributed by atoms with E-state index in [1.807, 2.05) is 0 Å². The number of alkyl halides is 3. The summed E-state index contributed by atoms with van der Waals surface area (Å²) >= 11 is 0. The van der Waals surface area contributed by atoms with Crippen molar-refractivity contribution in [2.45, 2.75) is 26.6 Å². The largest absolute Gasteiger partial charge is 0.475 e. The van der Waals surface area contributed by atoms with E-state index in [1.54, 1.807) is 13.8 Å². The molecule has 0 unspecified atom stereocenters. The van der Waals surface area contributed by atoms with E-state index < -0.39 is 17.7 Å². The number of carbonyl (C=O) groups is 1. The maximum absolute atomic E-state index is 12.5. The average molecular weight is 325 g/mol. The van der Waals surface area contributed by atoms with Gasteiger partial charge in [0, 0.05) is 6.54 Å². The minimum atomic E-state index is -4.36. The highest BCUT2D eigenvalue weighted by Gasteiger charge is 2.29. The number of carboxylic acid groups (broad SMARTS) is 1. The van der Waals surface area contributed by atoms with Crippen LogP contribution in [-0.2, 0) is 12.7 Å². The molecule has 0 bridgehead atoms. The maximum Gasteiger partial charge on any atom is 0.416 e. The Morgan fingerprint density at radius 2 is 1.65 bits per heavy atom.